The third-order valence-electron chi connectivity index (χ3n) is 5.87. The van der Waals surface area contributed by atoms with Gasteiger partial charge in [-0.05, 0) is 90.0 Å². The molecular weight excluding hydrogens is 449 g/mol. The van der Waals surface area contributed by atoms with Crippen LogP contribution in [-0.4, -0.2) is 36.9 Å². The molecule has 0 radical (unpaired) electrons. The molecule has 1 aromatic rings. The second-order valence-corrected chi connectivity index (χ2v) is 9.48. The van der Waals surface area contributed by atoms with E-state index in [2.05, 4.69) is 4.74 Å². The largest absolute Gasteiger partial charge is 0.573 e. The van der Waals surface area contributed by atoms with E-state index in [0.29, 0.717) is 11.1 Å². The number of esters is 1. The predicted molar refractivity (Wildman–Crippen MR) is 122 cm³/mol. The van der Waals surface area contributed by atoms with Crippen molar-refractivity contribution in [1.29, 1.82) is 0 Å². The lowest BCUT2D eigenvalue weighted by Gasteiger charge is -2.42. The molecule has 0 N–H and O–H groups in total. The Morgan fingerprint density at radius 2 is 1.59 bits per heavy atom. The molecule has 0 amide bonds. The summed E-state index contributed by atoms with van der Waals surface area (Å²) >= 11 is 0. The molecular formula is C26H31F3O5. The van der Waals surface area contributed by atoms with E-state index in [-0.39, 0.29) is 11.3 Å². The Balaban J connectivity index is 2.36. The smallest absolute Gasteiger partial charge is 0.456 e. The number of benzene rings is 1. The standard InChI is InChI=1S/C26H31F3O5/c1-15-17(3)25(7,22(32-8)16(2)21(15)23(31)34-24(4,5)6)14-13-20(30)18-9-11-19(12-10-18)33-26(27,28)29/h9-14,22H,1-8H3. The molecule has 0 saturated heterocycles. The number of carbonyl (C=O) groups excluding carboxylic acids is 2. The SMILES string of the molecule is COC1C(C)=C(C(=O)OC(C)(C)C)C(C)=C(C)C1(C)C=CC(=O)c1ccc(OC(F)(F)F)cc1. The second-order valence-electron chi connectivity index (χ2n) is 9.48. The molecule has 8 heteroatoms. The summed E-state index contributed by atoms with van der Waals surface area (Å²) in [7, 11) is 1.53. The zero-order valence-electron chi connectivity index (χ0n) is 20.7. The van der Waals surface area contributed by atoms with E-state index in [1.54, 1.807) is 33.8 Å². The van der Waals surface area contributed by atoms with Gasteiger partial charge in [0.25, 0.3) is 0 Å². The second kappa shape index (κ2) is 9.78. The summed E-state index contributed by atoms with van der Waals surface area (Å²) in [6.45, 7) is 12.8. The van der Waals surface area contributed by atoms with Crippen LogP contribution in [0.15, 0.2) is 58.7 Å². The number of allylic oxidation sites excluding steroid dienone is 1. The van der Waals surface area contributed by atoms with Crippen molar-refractivity contribution in [3.63, 3.8) is 0 Å². The maximum atomic E-state index is 12.9. The molecule has 0 heterocycles. The Kier molecular flexibility index (Phi) is 7.87. The minimum Gasteiger partial charge on any atom is -0.456 e. The van der Waals surface area contributed by atoms with Gasteiger partial charge in [0.05, 0.1) is 11.7 Å². The van der Waals surface area contributed by atoms with Gasteiger partial charge in [-0.25, -0.2) is 4.79 Å². The van der Waals surface area contributed by atoms with Crippen molar-refractivity contribution in [3.8, 4) is 5.75 Å². The van der Waals surface area contributed by atoms with Crippen molar-refractivity contribution in [3.05, 3.63) is 64.3 Å². The van der Waals surface area contributed by atoms with Crippen molar-refractivity contribution in [1.82, 2.24) is 0 Å². The molecule has 0 bridgehead atoms. The van der Waals surface area contributed by atoms with Crippen molar-refractivity contribution in [2.24, 2.45) is 5.41 Å². The highest BCUT2D eigenvalue weighted by Gasteiger charge is 2.43. The molecule has 186 valence electrons. The van der Waals surface area contributed by atoms with Crippen LogP contribution in [0.4, 0.5) is 13.2 Å². The molecule has 34 heavy (non-hydrogen) atoms. The average Bonchev–Trinajstić information content (AvgIpc) is 2.69. The van der Waals surface area contributed by atoms with Crippen LogP contribution in [-0.2, 0) is 14.3 Å². The summed E-state index contributed by atoms with van der Waals surface area (Å²) in [5.74, 6) is -1.23. The van der Waals surface area contributed by atoms with Crippen LogP contribution in [0, 0.1) is 5.41 Å². The highest BCUT2D eigenvalue weighted by atomic mass is 19.4. The molecule has 1 aromatic carbocycles. The first-order chi connectivity index (χ1) is 15.5. The van der Waals surface area contributed by atoms with Crippen molar-refractivity contribution >= 4 is 11.8 Å². The molecule has 0 spiro atoms. The van der Waals surface area contributed by atoms with Gasteiger partial charge in [0.15, 0.2) is 5.78 Å². The van der Waals surface area contributed by atoms with Crippen LogP contribution >= 0.6 is 0 Å². The third-order valence-corrected chi connectivity index (χ3v) is 5.87. The molecule has 0 saturated carbocycles. The molecule has 2 unspecified atom stereocenters. The van der Waals surface area contributed by atoms with E-state index in [9.17, 15) is 22.8 Å². The minimum absolute atomic E-state index is 0.208. The highest BCUT2D eigenvalue weighted by molar-refractivity contribution is 6.04. The van der Waals surface area contributed by atoms with E-state index >= 15 is 0 Å². The summed E-state index contributed by atoms with van der Waals surface area (Å²) in [4.78, 5) is 25.6. The third kappa shape index (κ3) is 6.17. The van der Waals surface area contributed by atoms with E-state index in [1.165, 1.54) is 25.3 Å². The van der Waals surface area contributed by atoms with Crippen molar-refractivity contribution in [2.75, 3.05) is 7.11 Å². The lowest BCUT2D eigenvalue weighted by Crippen LogP contribution is -2.40. The van der Waals surface area contributed by atoms with Gasteiger partial charge in [0.1, 0.15) is 11.4 Å². The normalized spacial score (nSPS) is 21.8. The number of ether oxygens (including phenoxy) is 3. The number of methoxy groups -OCH3 is 1. The molecule has 0 fully saturated rings. The van der Waals surface area contributed by atoms with Crippen LogP contribution in [0.2, 0.25) is 0 Å². The van der Waals surface area contributed by atoms with Crippen LogP contribution in [0.25, 0.3) is 0 Å². The van der Waals surface area contributed by atoms with E-state index in [0.717, 1.165) is 23.3 Å². The molecule has 1 aliphatic carbocycles. The Hall–Kier alpha value is -2.87. The highest BCUT2D eigenvalue weighted by Crippen LogP contribution is 2.46. The van der Waals surface area contributed by atoms with Crippen molar-refractivity contribution in [2.45, 2.75) is 66.5 Å². The number of carbonyl (C=O) groups is 2. The molecule has 1 aliphatic rings. The van der Waals surface area contributed by atoms with Gasteiger partial charge in [-0.2, -0.15) is 0 Å². The van der Waals surface area contributed by atoms with Crippen molar-refractivity contribution < 1.29 is 37.0 Å². The summed E-state index contributed by atoms with van der Waals surface area (Å²) in [6, 6.07) is 4.71. The fraction of sp³-hybridized carbons (Fsp3) is 0.462. The van der Waals surface area contributed by atoms with Crippen LogP contribution in [0.1, 0.15) is 58.8 Å². The Bertz CT molecular complexity index is 1040. The number of halogens is 3. The van der Waals surface area contributed by atoms with Gasteiger partial charge in [-0.3, -0.25) is 4.79 Å². The molecule has 2 atom stereocenters. The Morgan fingerprint density at radius 3 is 2.06 bits per heavy atom. The predicted octanol–water partition coefficient (Wildman–Crippen LogP) is 6.35. The number of alkyl halides is 3. The number of ketones is 1. The van der Waals surface area contributed by atoms with E-state index in [4.69, 9.17) is 9.47 Å². The minimum atomic E-state index is -4.80. The van der Waals surface area contributed by atoms with Gasteiger partial charge in [-0.15, -0.1) is 13.2 Å². The first kappa shape index (κ1) is 27.4. The summed E-state index contributed by atoms with van der Waals surface area (Å²) in [5.41, 5.74) is 1.53. The number of rotatable bonds is 6. The van der Waals surface area contributed by atoms with Gasteiger partial charge >= 0.3 is 12.3 Å². The first-order valence-electron chi connectivity index (χ1n) is 10.7. The Morgan fingerprint density at radius 1 is 1.03 bits per heavy atom. The van der Waals surface area contributed by atoms with Gasteiger partial charge in [0.2, 0.25) is 0 Å². The molecule has 0 aromatic heterocycles. The van der Waals surface area contributed by atoms with Crippen LogP contribution in [0.5, 0.6) is 5.75 Å². The topological polar surface area (TPSA) is 61.8 Å². The van der Waals surface area contributed by atoms with Crippen LogP contribution in [0.3, 0.4) is 0 Å². The number of hydrogen-bond acceptors (Lipinski definition) is 5. The maximum absolute atomic E-state index is 12.9. The van der Waals surface area contributed by atoms with Gasteiger partial charge in [-0.1, -0.05) is 11.6 Å². The first-order valence-corrected chi connectivity index (χ1v) is 10.7. The summed E-state index contributed by atoms with van der Waals surface area (Å²) in [6.07, 6.45) is -2.27. The van der Waals surface area contributed by atoms with Gasteiger partial charge < -0.3 is 14.2 Å². The van der Waals surface area contributed by atoms with Gasteiger partial charge in [0, 0.05) is 18.1 Å². The fourth-order valence-corrected chi connectivity index (χ4v) is 4.11. The van der Waals surface area contributed by atoms with Crippen LogP contribution < -0.4 is 4.74 Å². The Labute approximate surface area is 198 Å². The lowest BCUT2D eigenvalue weighted by molar-refractivity contribution is -0.274. The number of hydrogen-bond donors (Lipinski definition) is 0. The average molecular weight is 481 g/mol. The lowest BCUT2D eigenvalue weighted by atomic mass is 9.67. The monoisotopic (exact) mass is 480 g/mol. The van der Waals surface area contributed by atoms with E-state index < -0.39 is 35.2 Å². The fourth-order valence-electron chi connectivity index (χ4n) is 4.11. The zero-order valence-corrected chi connectivity index (χ0v) is 20.7. The molecule has 2 rings (SSSR count). The molecule has 0 aliphatic heterocycles. The summed E-state index contributed by atoms with van der Waals surface area (Å²) < 4.78 is 52.2. The quantitative estimate of drug-likeness (QED) is 0.270. The molecule has 5 nitrogen and oxygen atoms in total. The van der Waals surface area contributed by atoms with E-state index in [1.807, 2.05) is 20.8 Å². The summed E-state index contributed by atoms with van der Waals surface area (Å²) in [5, 5.41) is 0. The zero-order chi connectivity index (χ0) is 26.1. The maximum Gasteiger partial charge on any atom is 0.573 e.